The van der Waals surface area contributed by atoms with E-state index in [1.54, 1.807) is 42.6 Å². The first-order valence-corrected chi connectivity index (χ1v) is 7.05. The van der Waals surface area contributed by atoms with Gasteiger partial charge in [0, 0.05) is 30.4 Å². The summed E-state index contributed by atoms with van der Waals surface area (Å²) in [5.41, 5.74) is 0.870. The van der Waals surface area contributed by atoms with Crippen LogP contribution >= 0.6 is 0 Å². The molecule has 0 aliphatic rings. The van der Waals surface area contributed by atoms with E-state index in [4.69, 9.17) is 9.15 Å². The smallest absolute Gasteiger partial charge is 0.277 e. The third-order valence-corrected chi connectivity index (χ3v) is 3.04. The lowest BCUT2D eigenvalue weighted by Crippen LogP contribution is -2.14. The van der Waals surface area contributed by atoms with Gasteiger partial charge < -0.3 is 14.5 Å². The number of benzene rings is 1. The lowest BCUT2D eigenvalue weighted by Gasteiger charge is -2.07. The van der Waals surface area contributed by atoms with Crippen molar-refractivity contribution in [2.75, 3.05) is 5.32 Å². The van der Waals surface area contributed by atoms with E-state index in [-0.39, 0.29) is 11.6 Å². The third kappa shape index (κ3) is 3.52. The molecule has 2 heterocycles. The number of oxazole rings is 1. The summed E-state index contributed by atoms with van der Waals surface area (Å²) < 4.78 is 10.7. The van der Waals surface area contributed by atoms with E-state index in [0.717, 1.165) is 0 Å². The zero-order valence-electron chi connectivity index (χ0n) is 12.4. The molecule has 0 atom stereocenters. The number of ether oxygens (including phenoxy) is 1. The van der Waals surface area contributed by atoms with E-state index in [1.165, 1.54) is 6.39 Å². The van der Waals surface area contributed by atoms with Gasteiger partial charge in [0.15, 0.2) is 12.1 Å². The molecule has 3 rings (SSSR count). The highest BCUT2D eigenvalue weighted by atomic mass is 16.5. The zero-order chi connectivity index (χ0) is 16.1. The summed E-state index contributed by atoms with van der Waals surface area (Å²) in [7, 11) is 0. The molecule has 1 amide bonds. The second kappa shape index (κ2) is 6.69. The van der Waals surface area contributed by atoms with Gasteiger partial charge in [0.2, 0.25) is 5.88 Å². The summed E-state index contributed by atoms with van der Waals surface area (Å²) in [6.45, 7) is 1.90. The number of amides is 1. The van der Waals surface area contributed by atoms with Crippen molar-refractivity contribution < 1.29 is 13.9 Å². The highest BCUT2D eigenvalue weighted by Gasteiger charge is 2.15. The lowest BCUT2D eigenvalue weighted by molar-refractivity contribution is 0.102. The first-order chi connectivity index (χ1) is 11.3. The standard InChI is InChI=1S/C16H14N4O3/c1-2-13-15(17-10-22-13)16(21)19-11-5-3-6-12(9-11)23-14-7-4-8-18-20-14/h3-10H,2H2,1H3,(H,19,21). The molecule has 0 saturated heterocycles. The average molecular weight is 310 g/mol. The minimum Gasteiger partial charge on any atom is -0.448 e. The van der Waals surface area contributed by atoms with Crippen molar-refractivity contribution in [3.8, 4) is 11.6 Å². The molecule has 0 radical (unpaired) electrons. The molecule has 1 aromatic carbocycles. The number of nitrogens with zero attached hydrogens (tertiary/aromatic N) is 3. The van der Waals surface area contributed by atoms with Gasteiger partial charge in [0.05, 0.1) is 0 Å². The quantitative estimate of drug-likeness (QED) is 0.779. The predicted octanol–water partition coefficient (Wildman–Crippen LogP) is 3.07. The van der Waals surface area contributed by atoms with Crippen LogP contribution in [-0.4, -0.2) is 21.1 Å². The second-order valence-electron chi connectivity index (χ2n) is 4.62. The first-order valence-electron chi connectivity index (χ1n) is 7.05. The molecule has 1 N–H and O–H groups in total. The highest BCUT2D eigenvalue weighted by molar-refractivity contribution is 6.03. The Morgan fingerprint density at radius 2 is 2.22 bits per heavy atom. The third-order valence-electron chi connectivity index (χ3n) is 3.04. The predicted molar refractivity (Wildman–Crippen MR) is 82.4 cm³/mol. The summed E-state index contributed by atoms with van der Waals surface area (Å²) >= 11 is 0. The van der Waals surface area contributed by atoms with Crippen molar-refractivity contribution >= 4 is 11.6 Å². The molecule has 3 aromatic rings. The minimum absolute atomic E-state index is 0.285. The largest absolute Gasteiger partial charge is 0.448 e. The van der Waals surface area contributed by atoms with Gasteiger partial charge in [-0.05, 0) is 18.2 Å². The Kier molecular flexibility index (Phi) is 4.28. The normalized spacial score (nSPS) is 10.3. The van der Waals surface area contributed by atoms with Crippen LogP contribution in [0.25, 0.3) is 0 Å². The number of carbonyl (C=O) groups is 1. The van der Waals surface area contributed by atoms with Gasteiger partial charge in [-0.1, -0.05) is 13.0 Å². The van der Waals surface area contributed by atoms with Gasteiger partial charge in [-0.3, -0.25) is 4.79 Å². The van der Waals surface area contributed by atoms with Crippen LogP contribution in [0.15, 0.2) is 53.4 Å². The summed E-state index contributed by atoms with van der Waals surface area (Å²) in [6.07, 6.45) is 3.42. The summed E-state index contributed by atoms with van der Waals surface area (Å²) in [5, 5.41) is 10.4. The molecule has 0 fully saturated rings. The molecule has 0 aliphatic carbocycles. The number of nitrogens with one attached hydrogen (secondary N) is 1. The molecule has 0 aliphatic heterocycles. The van der Waals surface area contributed by atoms with Gasteiger partial charge in [0.25, 0.3) is 5.91 Å². The van der Waals surface area contributed by atoms with Gasteiger partial charge in [0.1, 0.15) is 11.5 Å². The van der Waals surface area contributed by atoms with Crippen molar-refractivity contribution in [2.45, 2.75) is 13.3 Å². The van der Waals surface area contributed by atoms with E-state index in [2.05, 4.69) is 20.5 Å². The lowest BCUT2D eigenvalue weighted by atomic mass is 10.2. The Bertz CT molecular complexity index is 802. The number of hydrogen-bond donors (Lipinski definition) is 1. The van der Waals surface area contributed by atoms with E-state index in [1.807, 2.05) is 6.92 Å². The highest BCUT2D eigenvalue weighted by Crippen LogP contribution is 2.22. The van der Waals surface area contributed by atoms with E-state index >= 15 is 0 Å². The van der Waals surface area contributed by atoms with Gasteiger partial charge in [-0.15, -0.1) is 5.10 Å². The average Bonchev–Trinajstić information content (AvgIpc) is 3.05. The Hall–Kier alpha value is -3.22. The number of anilines is 1. The zero-order valence-corrected chi connectivity index (χ0v) is 12.4. The maximum atomic E-state index is 12.2. The van der Waals surface area contributed by atoms with Crippen LogP contribution in [0.4, 0.5) is 5.69 Å². The monoisotopic (exact) mass is 310 g/mol. The molecule has 0 spiro atoms. The summed E-state index contributed by atoms with van der Waals surface area (Å²) in [6, 6.07) is 10.4. The van der Waals surface area contributed by atoms with Crippen LogP contribution in [-0.2, 0) is 6.42 Å². The second-order valence-corrected chi connectivity index (χ2v) is 4.62. The van der Waals surface area contributed by atoms with Gasteiger partial charge in [-0.25, -0.2) is 4.98 Å². The molecule has 2 aromatic heterocycles. The molecule has 7 heteroatoms. The summed E-state index contributed by atoms with van der Waals surface area (Å²) in [5.74, 6) is 1.14. The fourth-order valence-corrected chi connectivity index (χ4v) is 2.00. The molecule has 0 unspecified atom stereocenters. The fourth-order valence-electron chi connectivity index (χ4n) is 2.00. The maximum absolute atomic E-state index is 12.2. The fraction of sp³-hybridized carbons (Fsp3) is 0.125. The molecular weight excluding hydrogens is 296 g/mol. The number of aromatic nitrogens is 3. The van der Waals surface area contributed by atoms with E-state index in [9.17, 15) is 4.79 Å². The maximum Gasteiger partial charge on any atom is 0.277 e. The Morgan fingerprint density at radius 1 is 1.30 bits per heavy atom. The molecule has 116 valence electrons. The topological polar surface area (TPSA) is 90.1 Å². The SMILES string of the molecule is CCc1ocnc1C(=O)Nc1cccc(Oc2cccnn2)c1. The van der Waals surface area contributed by atoms with Crippen LogP contribution in [0, 0.1) is 0 Å². The van der Waals surface area contributed by atoms with E-state index < -0.39 is 0 Å². The Balaban J connectivity index is 1.74. The Morgan fingerprint density at radius 3 is 3.00 bits per heavy atom. The van der Waals surface area contributed by atoms with Crippen LogP contribution in [0.2, 0.25) is 0 Å². The molecule has 23 heavy (non-hydrogen) atoms. The van der Waals surface area contributed by atoms with Crippen molar-refractivity contribution in [3.05, 3.63) is 60.4 Å². The molecule has 7 nitrogen and oxygen atoms in total. The Labute approximate surface area is 132 Å². The first kappa shape index (κ1) is 14.7. The number of aryl methyl sites for hydroxylation is 1. The number of hydrogen-bond acceptors (Lipinski definition) is 6. The van der Waals surface area contributed by atoms with Crippen LogP contribution < -0.4 is 10.1 Å². The van der Waals surface area contributed by atoms with Gasteiger partial charge >= 0.3 is 0 Å². The minimum atomic E-state index is -0.327. The molecular formula is C16H14N4O3. The van der Waals surface area contributed by atoms with Crippen LogP contribution in [0.3, 0.4) is 0 Å². The number of carbonyl (C=O) groups excluding carboxylic acids is 1. The van der Waals surface area contributed by atoms with Crippen molar-refractivity contribution in [3.63, 3.8) is 0 Å². The van der Waals surface area contributed by atoms with Crippen molar-refractivity contribution in [1.82, 2.24) is 15.2 Å². The van der Waals surface area contributed by atoms with E-state index in [0.29, 0.717) is 29.5 Å². The molecule has 0 bridgehead atoms. The summed E-state index contributed by atoms with van der Waals surface area (Å²) in [4.78, 5) is 16.2. The van der Waals surface area contributed by atoms with Crippen LogP contribution in [0.5, 0.6) is 11.6 Å². The van der Waals surface area contributed by atoms with Crippen molar-refractivity contribution in [1.29, 1.82) is 0 Å². The van der Waals surface area contributed by atoms with Crippen molar-refractivity contribution in [2.24, 2.45) is 0 Å². The molecule has 0 saturated carbocycles. The van der Waals surface area contributed by atoms with Crippen LogP contribution in [0.1, 0.15) is 23.2 Å². The number of rotatable bonds is 5. The van der Waals surface area contributed by atoms with Gasteiger partial charge in [-0.2, -0.15) is 5.10 Å².